The van der Waals surface area contributed by atoms with Crippen LogP contribution in [0.4, 0.5) is 0 Å². The third kappa shape index (κ3) is 6.69. The predicted octanol–water partition coefficient (Wildman–Crippen LogP) is 4.51. The van der Waals surface area contributed by atoms with E-state index in [9.17, 15) is 13.2 Å². The normalized spacial score (nSPS) is 22.5. The van der Waals surface area contributed by atoms with Crippen LogP contribution in [0.15, 0.2) is 67.0 Å². The number of benzene rings is 2. The molecule has 4 heterocycles. The highest BCUT2D eigenvalue weighted by molar-refractivity contribution is 7.88. The molecule has 1 aromatic heterocycles. The Kier molecular flexibility index (Phi) is 8.93. The van der Waals surface area contributed by atoms with Gasteiger partial charge in [0.2, 0.25) is 10.0 Å². The Morgan fingerprint density at radius 1 is 0.860 bits per heavy atom. The van der Waals surface area contributed by atoms with E-state index >= 15 is 0 Å². The van der Waals surface area contributed by atoms with Crippen LogP contribution in [-0.2, 0) is 15.8 Å². The second-order valence-electron chi connectivity index (χ2n) is 12.7. The lowest BCUT2D eigenvalue weighted by Crippen LogP contribution is -2.40. The summed E-state index contributed by atoms with van der Waals surface area (Å²) in [6, 6.07) is 20.3. The van der Waals surface area contributed by atoms with Crippen LogP contribution in [0.2, 0.25) is 0 Å². The Labute approximate surface area is 256 Å². The number of aromatic nitrogens is 2. The molecule has 3 fully saturated rings. The van der Waals surface area contributed by atoms with Crippen LogP contribution in [0.25, 0.3) is 0 Å². The van der Waals surface area contributed by atoms with Crippen LogP contribution in [0.5, 0.6) is 0 Å². The molecular formula is C34H43N5O3S. The molecular weight excluding hydrogens is 558 g/mol. The number of carbonyl (C=O) groups is 1. The van der Waals surface area contributed by atoms with Crippen molar-refractivity contribution in [3.8, 4) is 0 Å². The third-order valence-electron chi connectivity index (χ3n) is 9.93. The van der Waals surface area contributed by atoms with E-state index in [2.05, 4.69) is 45.2 Å². The van der Waals surface area contributed by atoms with Crippen molar-refractivity contribution in [3.05, 3.63) is 95.1 Å². The number of carbonyl (C=O) groups excluding carboxylic acids is 1. The molecule has 0 N–H and O–H groups in total. The molecule has 0 radical (unpaired) electrons. The average molecular weight is 602 g/mol. The van der Waals surface area contributed by atoms with Gasteiger partial charge in [-0.1, -0.05) is 60.7 Å². The highest BCUT2D eigenvalue weighted by atomic mass is 32.2. The van der Waals surface area contributed by atoms with Gasteiger partial charge in [0.15, 0.2) is 0 Å². The number of sulfonamides is 1. The van der Waals surface area contributed by atoms with Crippen molar-refractivity contribution in [3.63, 3.8) is 0 Å². The Bertz CT molecular complexity index is 1480. The van der Waals surface area contributed by atoms with Gasteiger partial charge in [0.25, 0.3) is 5.91 Å². The Hall–Kier alpha value is -3.14. The molecule has 0 aliphatic carbocycles. The Morgan fingerprint density at radius 3 is 2.05 bits per heavy atom. The van der Waals surface area contributed by atoms with Gasteiger partial charge >= 0.3 is 0 Å². The summed E-state index contributed by atoms with van der Waals surface area (Å²) >= 11 is 0. The van der Waals surface area contributed by atoms with Crippen LogP contribution in [0.1, 0.15) is 58.1 Å². The number of nitrogens with zero attached hydrogens (tertiary/aromatic N) is 5. The number of likely N-dealkylation sites (tertiary alicyclic amines) is 2. The first-order valence-electron chi connectivity index (χ1n) is 15.6. The standard InChI is InChI=1S/C34H43N5O3S/c1-25-33(26(2)36-24-35-25)34(40)38-21-30-19-37(20-31(30)22-38)16-15-32(28-11-7-4-8-12-28)29-13-17-39(18-14-29)43(41,42)23-27-9-5-3-6-10-27/h3-12,24,29-32H,13-23H2,1-2H3. The molecule has 3 saturated heterocycles. The monoisotopic (exact) mass is 601 g/mol. The van der Waals surface area contributed by atoms with Crippen molar-refractivity contribution in [1.82, 2.24) is 24.1 Å². The summed E-state index contributed by atoms with van der Waals surface area (Å²) in [5.41, 5.74) is 4.36. The summed E-state index contributed by atoms with van der Waals surface area (Å²) in [5, 5.41) is 0. The Morgan fingerprint density at radius 2 is 1.44 bits per heavy atom. The lowest BCUT2D eigenvalue weighted by Gasteiger charge is -2.36. The lowest BCUT2D eigenvalue weighted by atomic mass is 9.78. The van der Waals surface area contributed by atoms with E-state index in [1.165, 1.54) is 11.9 Å². The minimum atomic E-state index is -3.33. The van der Waals surface area contributed by atoms with Gasteiger partial charge in [-0.3, -0.25) is 4.79 Å². The first kappa shape index (κ1) is 29.9. The second kappa shape index (κ2) is 12.8. The van der Waals surface area contributed by atoms with Crippen molar-refractivity contribution in [2.45, 2.75) is 44.8 Å². The van der Waals surface area contributed by atoms with Crippen LogP contribution < -0.4 is 0 Å². The summed E-state index contributed by atoms with van der Waals surface area (Å²) in [5.74, 6) is 2.00. The molecule has 3 aliphatic heterocycles. The highest BCUT2D eigenvalue weighted by Crippen LogP contribution is 2.38. The van der Waals surface area contributed by atoms with E-state index in [0.29, 0.717) is 42.3 Å². The fourth-order valence-electron chi connectivity index (χ4n) is 7.63. The number of hydrogen-bond acceptors (Lipinski definition) is 6. The van der Waals surface area contributed by atoms with Crippen LogP contribution >= 0.6 is 0 Å². The summed E-state index contributed by atoms with van der Waals surface area (Å²) in [4.78, 5) is 26.4. The molecule has 8 nitrogen and oxygen atoms in total. The highest BCUT2D eigenvalue weighted by Gasteiger charge is 2.42. The van der Waals surface area contributed by atoms with Gasteiger partial charge in [-0.05, 0) is 74.5 Å². The molecule has 9 heteroatoms. The van der Waals surface area contributed by atoms with E-state index in [-0.39, 0.29) is 11.7 Å². The fraction of sp³-hybridized carbons (Fsp3) is 0.500. The molecule has 43 heavy (non-hydrogen) atoms. The molecule has 3 aromatic rings. The van der Waals surface area contributed by atoms with E-state index in [4.69, 9.17) is 0 Å². The van der Waals surface area contributed by atoms with Crippen molar-refractivity contribution in [1.29, 1.82) is 0 Å². The zero-order chi connectivity index (χ0) is 30.0. The lowest BCUT2D eigenvalue weighted by molar-refractivity contribution is 0.0771. The number of hydrogen-bond donors (Lipinski definition) is 0. The van der Waals surface area contributed by atoms with Crippen molar-refractivity contribution in [2.24, 2.45) is 17.8 Å². The number of amides is 1. The maximum atomic E-state index is 13.3. The maximum Gasteiger partial charge on any atom is 0.257 e. The predicted molar refractivity (Wildman–Crippen MR) is 168 cm³/mol. The topological polar surface area (TPSA) is 86.7 Å². The molecule has 3 unspecified atom stereocenters. The van der Waals surface area contributed by atoms with Crippen molar-refractivity contribution >= 4 is 15.9 Å². The van der Waals surface area contributed by atoms with Crippen LogP contribution in [0, 0.1) is 31.6 Å². The first-order valence-corrected chi connectivity index (χ1v) is 17.3. The molecule has 228 valence electrons. The first-order chi connectivity index (χ1) is 20.8. The number of fused-ring (bicyclic) bond motifs is 1. The summed E-state index contributed by atoms with van der Waals surface area (Å²) in [6.07, 6.45) is 4.36. The van der Waals surface area contributed by atoms with E-state index in [1.54, 1.807) is 4.31 Å². The van der Waals surface area contributed by atoms with Gasteiger partial charge in [0, 0.05) is 39.3 Å². The second-order valence-corrected chi connectivity index (χ2v) is 14.7. The average Bonchev–Trinajstić information content (AvgIpc) is 3.58. The van der Waals surface area contributed by atoms with Crippen molar-refractivity contribution < 1.29 is 13.2 Å². The molecule has 0 spiro atoms. The number of rotatable bonds is 9. The smallest absolute Gasteiger partial charge is 0.257 e. The van der Waals surface area contributed by atoms with Gasteiger partial charge in [0.1, 0.15) is 6.33 Å². The Balaban J connectivity index is 1.04. The van der Waals surface area contributed by atoms with Gasteiger partial charge < -0.3 is 9.80 Å². The maximum absolute atomic E-state index is 13.3. The molecule has 6 rings (SSSR count). The molecule has 3 atom stereocenters. The molecule has 0 bridgehead atoms. The van der Waals surface area contributed by atoms with Gasteiger partial charge in [0.05, 0.1) is 22.7 Å². The van der Waals surface area contributed by atoms with Crippen LogP contribution in [0.3, 0.4) is 0 Å². The van der Waals surface area contributed by atoms with Crippen molar-refractivity contribution in [2.75, 3.05) is 45.8 Å². The van der Waals surface area contributed by atoms with Crippen LogP contribution in [-0.4, -0.2) is 84.2 Å². The molecule has 1 amide bonds. The quantitative estimate of drug-likeness (QED) is 0.359. The number of aryl methyl sites for hydroxylation is 2. The zero-order valence-electron chi connectivity index (χ0n) is 25.3. The summed E-state index contributed by atoms with van der Waals surface area (Å²) in [6.45, 7) is 9.62. The van der Waals surface area contributed by atoms with Gasteiger partial charge in [-0.2, -0.15) is 0 Å². The zero-order valence-corrected chi connectivity index (χ0v) is 26.1. The number of piperidine rings is 1. The molecule has 3 aliphatic rings. The molecule has 0 saturated carbocycles. The van der Waals surface area contributed by atoms with Gasteiger partial charge in [-0.15, -0.1) is 0 Å². The van der Waals surface area contributed by atoms with Gasteiger partial charge in [-0.25, -0.2) is 22.7 Å². The molecule has 2 aromatic carbocycles. The minimum absolute atomic E-state index is 0.0674. The van der Waals surface area contributed by atoms with E-state index in [0.717, 1.165) is 68.9 Å². The minimum Gasteiger partial charge on any atom is -0.338 e. The largest absolute Gasteiger partial charge is 0.338 e. The fourth-order valence-corrected chi connectivity index (χ4v) is 9.19. The van der Waals surface area contributed by atoms with E-state index < -0.39 is 10.0 Å². The summed E-state index contributed by atoms with van der Waals surface area (Å²) < 4.78 is 28.0. The van der Waals surface area contributed by atoms with E-state index in [1.807, 2.05) is 49.1 Å². The third-order valence-corrected chi connectivity index (χ3v) is 11.8. The summed E-state index contributed by atoms with van der Waals surface area (Å²) in [7, 11) is -3.33. The SMILES string of the molecule is Cc1ncnc(C)c1C(=O)N1CC2CN(CCC(c3ccccc3)C3CCN(S(=O)(=O)Cc4ccccc4)CC3)CC2C1.